The molecule has 187 valence electrons. The Bertz CT molecular complexity index is 1290. The number of imidazole rings is 2. The second kappa shape index (κ2) is 15.2. The molecule has 5 rings (SSSR count). The van der Waals surface area contributed by atoms with E-state index in [1.54, 1.807) is 0 Å². The van der Waals surface area contributed by atoms with Gasteiger partial charge in [0, 0.05) is 13.2 Å². The predicted octanol–water partition coefficient (Wildman–Crippen LogP) is -3.88. The first-order valence-corrected chi connectivity index (χ1v) is 10.8. The molecule has 3 heterocycles. The largest absolute Gasteiger partial charge is 3.00 e. The first-order chi connectivity index (χ1) is 15.8. The summed E-state index contributed by atoms with van der Waals surface area (Å²) in [7, 11) is 0. The van der Waals surface area contributed by atoms with Gasteiger partial charge in [-0.25, -0.2) is 15.0 Å². The van der Waals surface area contributed by atoms with Crippen LogP contribution in [-0.2, 0) is 22.9 Å². The number of para-hydroxylation sites is 4. The maximum Gasteiger partial charge on any atom is 3.00 e. The van der Waals surface area contributed by atoms with Crippen molar-refractivity contribution < 1.29 is 87.5 Å². The average molecular weight is 678 g/mol. The molecule has 0 atom stereocenters. The molecule has 0 N–H and O–H groups in total. The number of aromatic nitrogens is 5. The summed E-state index contributed by atoms with van der Waals surface area (Å²) in [6, 6.07) is 22.1. The van der Waals surface area contributed by atoms with Crippen LogP contribution < -0.4 is 37.2 Å². The van der Waals surface area contributed by atoms with Crippen LogP contribution in [0.5, 0.6) is 0 Å². The predicted molar refractivity (Wildman–Crippen MR) is 125 cm³/mol. The monoisotopic (exact) mass is 674 g/mol. The summed E-state index contributed by atoms with van der Waals surface area (Å²) >= 11 is 0. The van der Waals surface area contributed by atoms with Crippen LogP contribution in [0.15, 0.2) is 66.7 Å². The van der Waals surface area contributed by atoms with E-state index in [1.807, 2.05) is 68.4 Å². The van der Waals surface area contributed by atoms with Crippen LogP contribution in [0.3, 0.4) is 0 Å². The molecule has 0 unspecified atom stereocenters. The minimum atomic E-state index is 0. The quantitative estimate of drug-likeness (QED) is 0.168. The zero-order valence-electron chi connectivity index (χ0n) is 19.9. The standard InChI is InChI=1S/C25H25N5O2.3ClH.Nd/c1-3-31-16-29-22-14-7-5-10-18(22)27-24(29)20-12-9-13-21(26-20)25-28-19-11-6-8-15-23(19)30(25)17-32-4-2;;;;/h5-15H,3-4,16-17H2,1-2H3;3*1H;/q;;;;+3/p-3. The summed E-state index contributed by atoms with van der Waals surface area (Å²) in [4.78, 5) is 14.7. The molecule has 3 aromatic heterocycles. The van der Waals surface area contributed by atoms with E-state index in [9.17, 15) is 0 Å². The van der Waals surface area contributed by atoms with Crippen LogP contribution >= 0.6 is 0 Å². The fraction of sp³-hybridized carbons (Fsp3) is 0.240. The van der Waals surface area contributed by atoms with Gasteiger partial charge in [-0.05, 0) is 50.2 Å². The molecule has 1 radical (unpaired) electrons. The van der Waals surface area contributed by atoms with Crippen molar-refractivity contribution in [3.8, 4) is 23.0 Å². The van der Waals surface area contributed by atoms with Gasteiger partial charge in [0.25, 0.3) is 0 Å². The third kappa shape index (κ3) is 6.56. The molecule has 7 nitrogen and oxygen atoms in total. The van der Waals surface area contributed by atoms with Crippen LogP contribution in [0.1, 0.15) is 13.8 Å². The smallest absolute Gasteiger partial charge is 1.00 e. The van der Waals surface area contributed by atoms with Crippen molar-refractivity contribution in [3.05, 3.63) is 66.7 Å². The van der Waals surface area contributed by atoms with Crippen LogP contribution in [0.4, 0.5) is 0 Å². The maximum atomic E-state index is 5.73. The van der Waals surface area contributed by atoms with Crippen molar-refractivity contribution >= 4 is 22.1 Å². The van der Waals surface area contributed by atoms with E-state index in [0.717, 1.165) is 45.1 Å². The summed E-state index contributed by atoms with van der Waals surface area (Å²) in [5, 5.41) is 0. The molecule has 0 amide bonds. The molecule has 2 aromatic carbocycles. The fourth-order valence-electron chi connectivity index (χ4n) is 3.85. The number of hydrogen-bond acceptors (Lipinski definition) is 5. The summed E-state index contributed by atoms with van der Waals surface area (Å²) in [6.07, 6.45) is 0. The van der Waals surface area contributed by atoms with Crippen LogP contribution in [0, 0.1) is 40.8 Å². The summed E-state index contributed by atoms with van der Waals surface area (Å²) in [5.41, 5.74) is 5.41. The number of benzene rings is 2. The molecule has 0 aliphatic rings. The fourth-order valence-corrected chi connectivity index (χ4v) is 3.85. The second-order valence-corrected chi connectivity index (χ2v) is 7.36. The van der Waals surface area contributed by atoms with Gasteiger partial charge in [-0.15, -0.1) is 0 Å². The molecule has 36 heavy (non-hydrogen) atoms. The van der Waals surface area contributed by atoms with Gasteiger partial charge in [0.15, 0.2) is 11.6 Å². The summed E-state index contributed by atoms with van der Waals surface area (Å²) < 4.78 is 15.6. The van der Waals surface area contributed by atoms with E-state index in [-0.39, 0.29) is 78.1 Å². The van der Waals surface area contributed by atoms with Crippen molar-refractivity contribution in [1.29, 1.82) is 0 Å². The zero-order chi connectivity index (χ0) is 21.9. The molecule has 0 saturated heterocycles. The third-order valence-corrected chi connectivity index (χ3v) is 5.37. The van der Waals surface area contributed by atoms with E-state index in [2.05, 4.69) is 21.3 Å². The maximum absolute atomic E-state index is 5.73. The molecule has 0 aliphatic heterocycles. The van der Waals surface area contributed by atoms with Crippen molar-refractivity contribution in [3.63, 3.8) is 0 Å². The van der Waals surface area contributed by atoms with Gasteiger partial charge in [0.05, 0.1) is 22.1 Å². The van der Waals surface area contributed by atoms with Crippen LogP contribution in [0.2, 0.25) is 0 Å². The molecule has 11 heteroatoms. The van der Waals surface area contributed by atoms with E-state index in [0.29, 0.717) is 26.7 Å². The van der Waals surface area contributed by atoms with Gasteiger partial charge in [-0.2, -0.15) is 0 Å². The van der Waals surface area contributed by atoms with Gasteiger partial charge >= 0.3 is 40.8 Å². The minimum Gasteiger partial charge on any atom is -1.00 e. The van der Waals surface area contributed by atoms with Crippen molar-refractivity contribution in [2.45, 2.75) is 27.3 Å². The Balaban J connectivity index is 0.00000162. The molecule has 0 spiro atoms. The molecule has 0 fully saturated rings. The van der Waals surface area contributed by atoms with Gasteiger partial charge in [-0.3, -0.25) is 9.13 Å². The first kappa shape index (κ1) is 32.7. The molecule has 0 saturated carbocycles. The minimum absolute atomic E-state index is 0. The first-order valence-electron chi connectivity index (χ1n) is 10.8. The Morgan fingerprint density at radius 1 is 0.583 bits per heavy atom. The SMILES string of the molecule is CCOCn1c(-c2cccc(-c3nc4ccccc4n3COCC)n2)nc2ccccc21.[Cl-].[Cl-].[Cl-].[Nd+3]. The zero-order valence-corrected chi connectivity index (χ0v) is 25.3. The Kier molecular flexibility index (Phi) is 13.8. The van der Waals surface area contributed by atoms with Gasteiger partial charge in [0.1, 0.15) is 24.8 Å². The van der Waals surface area contributed by atoms with E-state index in [1.165, 1.54) is 0 Å². The normalized spacial score (nSPS) is 10.3. The third-order valence-electron chi connectivity index (χ3n) is 5.37. The van der Waals surface area contributed by atoms with Gasteiger partial charge in [-0.1, -0.05) is 30.3 Å². The molecular weight excluding hydrogens is 653 g/mol. The Morgan fingerprint density at radius 3 is 1.42 bits per heavy atom. The van der Waals surface area contributed by atoms with Crippen molar-refractivity contribution in [2.75, 3.05) is 13.2 Å². The van der Waals surface area contributed by atoms with Crippen molar-refractivity contribution in [2.24, 2.45) is 0 Å². The molecule has 0 aliphatic carbocycles. The number of halogens is 3. The topological polar surface area (TPSA) is 67.0 Å². The van der Waals surface area contributed by atoms with E-state index in [4.69, 9.17) is 24.4 Å². The Labute approximate surface area is 261 Å². The number of fused-ring (bicyclic) bond motifs is 2. The number of rotatable bonds is 8. The van der Waals surface area contributed by atoms with Gasteiger partial charge in [0.2, 0.25) is 0 Å². The van der Waals surface area contributed by atoms with E-state index < -0.39 is 0 Å². The average Bonchev–Trinajstić information content (AvgIpc) is 3.40. The number of pyridine rings is 1. The van der Waals surface area contributed by atoms with Gasteiger partial charge < -0.3 is 46.7 Å². The van der Waals surface area contributed by atoms with Crippen LogP contribution in [0.25, 0.3) is 45.1 Å². The van der Waals surface area contributed by atoms with Crippen molar-refractivity contribution in [1.82, 2.24) is 24.1 Å². The molecular formula is C25H25Cl3N5NdO2. The molecule has 5 aromatic rings. The van der Waals surface area contributed by atoms with Crippen LogP contribution in [-0.4, -0.2) is 37.3 Å². The molecule has 0 bridgehead atoms. The number of nitrogens with zero attached hydrogens (tertiary/aromatic N) is 5. The van der Waals surface area contributed by atoms with E-state index >= 15 is 0 Å². The summed E-state index contributed by atoms with van der Waals surface area (Å²) in [5.74, 6) is 1.54. The summed E-state index contributed by atoms with van der Waals surface area (Å²) in [6.45, 7) is 6.06. The number of ether oxygens (including phenoxy) is 2. The second-order valence-electron chi connectivity index (χ2n) is 7.36. The Hall–Kier alpha value is -1.33. The Morgan fingerprint density at radius 2 is 1.00 bits per heavy atom. The number of hydrogen-bond donors (Lipinski definition) is 0.